The van der Waals surface area contributed by atoms with Crippen LogP contribution in [0.1, 0.15) is 6.92 Å². The summed E-state index contributed by atoms with van der Waals surface area (Å²) in [6.07, 6.45) is 3.17. The van der Waals surface area contributed by atoms with E-state index in [4.69, 9.17) is 4.74 Å². The monoisotopic (exact) mass is 158 g/mol. The molecule has 0 saturated carbocycles. The second-order valence-electron chi connectivity index (χ2n) is 2.31. The van der Waals surface area contributed by atoms with Gasteiger partial charge in [-0.1, -0.05) is 13.0 Å². The maximum Gasteiger partial charge on any atom is 0.330 e. The van der Waals surface area contributed by atoms with Crippen LogP contribution in [0.4, 0.5) is 0 Å². The first-order valence-electron chi connectivity index (χ1n) is 3.45. The van der Waals surface area contributed by atoms with Crippen molar-refractivity contribution in [3.63, 3.8) is 0 Å². The Bertz CT molecular complexity index is 140. The van der Waals surface area contributed by atoms with E-state index < -0.39 is 0 Å². The molecule has 0 bridgehead atoms. The van der Waals surface area contributed by atoms with Crippen molar-refractivity contribution >= 4 is 5.97 Å². The Morgan fingerprint density at radius 1 is 1.55 bits per heavy atom. The number of methoxy groups -OCH3 is 2. The third-order valence-electron chi connectivity index (χ3n) is 1.19. The molecule has 0 aromatic rings. The third-order valence-corrected chi connectivity index (χ3v) is 1.19. The molecular weight excluding hydrogens is 144 g/mol. The van der Waals surface area contributed by atoms with Crippen molar-refractivity contribution < 1.29 is 14.3 Å². The van der Waals surface area contributed by atoms with E-state index in [1.807, 2.05) is 6.92 Å². The number of hydrogen-bond donors (Lipinski definition) is 0. The Morgan fingerprint density at radius 3 is 2.64 bits per heavy atom. The van der Waals surface area contributed by atoms with Gasteiger partial charge < -0.3 is 9.47 Å². The zero-order chi connectivity index (χ0) is 8.69. The van der Waals surface area contributed by atoms with Crippen LogP contribution in [0.15, 0.2) is 12.2 Å². The Labute approximate surface area is 67.0 Å². The van der Waals surface area contributed by atoms with Gasteiger partial charge in [-0.3, -0.25) is 0 Å². The predicted octanol–water partition coefficient (Wildman–Crippen LogP) is 0.998. The molecule has 0 aromatic carbocycles. The summed E-state index contributed by atoms with van der Waals surface area (Å²) in [6, 6.07) is 0. The minimum Gasteiger partial charge on any atom is -0.466 e. The number of hydrogen-bond acceptors (Lipinski definition) is 3. The Kier molecular flexibility index (Phi) is 5.47. The summed E-state index contributed by atoms with van der Waals surface area (Å²) in [6.45, 7) is 2.58. The molecule has 0 fully saturated rings. The number of carbonyl (C=O) groups is 1. The molecule has 0 aliphatic rings. The Hall–Kier alpha value is -0.830. The van der Waals surface area contributed by atoms with Gasteiger partial charge in [-0.05, 0) is 5.92 Å². The van der Waals surface area contributed by atoms with Gasteiger partial charge in [0, 0.05) is 13.2 Å². The highest BCUT2D eigenvalue weighted by molar-refractivity contribution is 5.81. The highest BCUT2D eigenvalue weighted by Crippen LogP contribution is 1.96. The quantitative estimate of drug-likeness (QED) is 0.452. The summed E-state index contributed by atoms with van der Waals surface area (Å²) in [5.74, 6) is -0.0768. The van der Waals surface area contributed by atoms with Crippen LogP contribution in [-0.2, 0) is 14.3 Å². The van der Waals surface area contributed by atoms with Crippen LogP contribution in [0.2, 0.25) is 0 Å². The van der Waals surface area contributed by atoms with Gasteiger partial charge in [0.15, 0.2) is 0 Å². The minimum atomic E-state index is -0.326. The van der Waals surface area contributed by atoms with E-state index in [2.05, 4.69) is 4.74 Å². The third kappa shape index (κ3) is 5.61. The van der Waals surface area contributed by atoms with Crippen molar-refractivity contribution in [2.45, 2.75) is 6.92 Å². The number of esters is 1. The zero-order valence-electron chi connectivity index (χ0n) is 7.16. The van der Waals surface area contributed by atoms with Crippen molar-refractivity contribution in [2.24, 2.45) is 5.92 Å². The first-order chi connectivity index (χ1) is 5.20. The highest BCUT2D eigenvalue weighted by Gasteiger charge is 1.96. The van der Waals surface area contributed by atoms with Crippen molar-refractivity contribution in [2.75, 3.05) is 20.8 Å². The SMILES string of the molecule is COCC(C)/C=C/C(=O)OC. The van der Waals surface area contributed by atoms with Crippen LogP contribution < -0.4 is 0 Å². The summed E-state index contributed by atoms with van der Waals surface area (Å²) in [4.78, 5) is 10.6. The smallest absolute Gasteiger partial charge is 0.330 e. The average molecular weight is 158 g/mol. The number of ether oxygens (including phenoxy) is 2. The molecule has 0 aliphatic carbocycles. The molecule has 0 saturated heterocycles. The van der Waals surface area contributed by atoms with Gasteiger partial charge in [0.1, 0.15) is 0 Å². The number of rotatable bonds is 4. The van der Waals surface area contributed by atoms with E-state index in [1.54, 1.807) is 13.2 Å². The van der Waals surface area contributed by atoms with Crippen LogP contribution in [0.5, 0.6) is 0 Å². The van der Waals surface area contributed by atoms with E-state index in [0.29, 0.717) is 6.61 Å². The van der Waals surface area contributed by atoms with E-state index in [1.165, 1.54) is 13.2 Å². The van der Waals surface area contributed by atoms with Gasteiger partial charge in [0.2, 0.25) is 0 Å². The topological polar surface area (TPSA) is 35.5 Å². The lowest BCUT2D eigenvalue weighted by molar-refractivity contribution is -0.134. The van der Waals surface area contributed by atoms with Crippen LogP contribution >= 0.6 is 0 Å². The molecule has 0 aromatic heterocycles. The summed E-state index contributed by atoms with van der Waals surface area (Å²) < 4.78 is 9.28. The summed E-state index contributed by atoms with van der Waals surface area (Å²) in [5.41, 5.74) is 0. The largest absolute Gasteiger partial charge is 0.466 e. The second kappa shape index (κ2) is 5.92. The van der Waals surface area contributed by atoms with E-state index >= 15 is 0 Å². The van der Waals surface area contributed by atoms with Crippen LogP contribution in [0.25, 0.3) is 0 Å². The fraction of sp³-hybridized carbons (Fsp3) is 0.625. The Balaban J connectivity index is 3.63. The van der Waals surface area contributed by atoms with Gasteiger partial charge in [-0.25, -0.2) is 4.79 Å². The fourth-order valence-electron chi connectivity index (χ4n) is 0.629. The molecule has 64 valence electrons. The first kappa shape index (κ1) is 10.2. The molecule has 0 heterocycles. The lowest BCUT2D eigenvalue weighted by atomic mass is 10.2. The molecule has 0 rings (SSSR count). The predicted molar refractivity (Wildman–Crippen MR) is 42.2 cm³/mol. The second-order valence-corrected chi connectivity index (χ2v) is 2.31. The minimum absolute atomic E-state index is 0.249. The summed E-state index contributed by atoms with van der Waals surface area (Å²) >= 11 is 0. The summed E-state index contributed by atoms with van der Waals surface area (Å²) in [5, 5.41) is 0. The molecule has 11 heavy (non-hydrogen) atoms. The molecule has 0 amide bonds. The van der Waals surface area contributed by atoms with Gasteiger partial charge in [0.25, 0.3) is 0 Å². The lowest BCUT2D eigenvalue weighted by Gasteiger charge is -2.01. The fourth-order valence-corrected chi connectivity index (χ4v) is 0.629. The maximum atomic E-state index is 10.6. The highest BCUT2D eigenvalue weighted by atomic mass is 16.5. The molecule has 0 spiro atoms. The molecule has 0 radical (unpaired) electrons. The molecule has 1 unspecified atom stereocenters. The molecule has 3 nitrogen and oxygen atoms in total. The van der Waals surface area contributed by atoms with Crippen molar-refractivity contribution in [3.05, 3.63) is 12.2 Å². The molecule has 0 aliphatic heterocycles. The molecule has 0 N–H and O–H groups in total. The van der Waals surface area contributed by atoms with E-state index in [9.17, 15) is 4.79 Å². The Morgan fingerprint density at radius 2 is 2.18 bits per heavy atom. The normalized spacial score (nSPS) is 13.4. The van der Waals surface area contributed by atoms with Gasteiger partial charge in [-0.15, -0.1) is 0 Å². The number of carbonyl (C=O) groups excluding carboxylic acids is 1. The lowest BCUT2D eigenvalue weighted by Crippen LogP contribution is -2.01. The molecular formula is C8H14O3. The summed E-state index contributed by atoms with van der Waals surface area (Å²) in [7, 11) is 2.98. The van der Waals surface area contributed by atoms with Crippen LogP contribution in [-0.4, -0.2) is 26.8 Å². The van der Waals surface area contributed by atoms with E-state index in [0.717, 1.165) is 0 Å². The van der Waals surface area contributed by atoms with Crippen molar-refractivity contribution in [3.8, 4) is 0 Å². The van der Waals surface area contributed by atoms with Gasteiger partial charge in [0.05, 0.1) is 13.7 Å². The first-order valence-corrected chi connectivity index (χ1v) is 3.45. The average Bonchev–Trinajstić information content (AvgIpc) is 2.01. The van der Waals surface area contributed by atoms with Crippen LogP contribution in [0, 0.1) is 5.92 Å². The van der Waals surface area contributed by atoms with E-state index in [-0.39, 0.29) is 11.9 Å². The van der Waals surface area contributed by atoms with Crippen molar-refractivity contribution in [1.82, 2.24) is 0 Å². The zero-order valence-corrected chi connectivity index (χ0v) is 7.16. The molecule has 1 atom stereocenters. The van der Waals surface area contributed by atoms with Crippen molar-refractivity contribution in [1.29, 1.82) is 0 Å². The standard InChI is InChI=1S/C8H14O3/c1-7(6-10-2)4-5-8(9)11-3/h4-5,7H,6H2,1-3H3/b5-4+. The molecule has 3 heteroatoms. The van der Waals surface area contributed by atoms with Crippen LogP contribution in [0.3, 0.4) is 0 Å². The maximum absolute atomic E-state index is 10.6. The van der Waals surface area contributed by atoms with Gasteiger partial charge in [-0.2, -0.15) is 0 Å². The van der Waals surface area contributed by atoms with Gasteiger partial charge >= 0.3 is 5.97 Å².